The van der Waals surface area contributed by atoms with Crippen molar-refractivity contribution in [2.75, 3.05) is 31.1 Å². The number of aromatic nitrogens is 3. The third-order valence-electron chi connectivity index (χ3n) is 4.15. The van der Waals surface area contributed by atoms with Gasteiger partial charge in [-0.05, 0) is 31.2 Å². The van der Waals surface area contributed by atoms with Crippen LogP contribution >= 0.6 is 11.3 Å². The van der Waals surface area contributed by atoms with Gasteiger partial charge < -0.3 is 9.80 Å². The van der Waals surface area contributed by atoms with E-state index in [-0.39, 0.29) is 5.91 Å². The standard InChI is InChI=1S/C17H17N5OS/c1-12-6-7-15(20-19-12)21-8-10-22(11-9-21)17(23)16-18-13-4-2-3-5-14(13)24-16/h2-7H,8-11H2,1H3. The molecule has 0 radical (unpaired) electrons. The molecule has 1 amide bonds. The molecule has 7 heteroatoms. The molecule has 1 saturated heterocycles. The van der Waals surface area contributed by atoms with Crippen LogP contribution in [0.5, 0.6) is 0 Å². The summed E-state index contributed by atoms with van der Waals surface area (Å²) < 4.78 is 1.05. The molecular weight excluding hydrogens is 322 g/mol. The largest absolute Gasteiger partial charge is 0.352 e. The molecule has 1 fully saturated rings. The van der Waals surface area contributed by atoms with Gasteiger partial charge in [-0.15, -0.1) is 16.4 Å². The lowest BCUT2D eigenvalue weighted by Crippen LogP contribution is -2.49. The van der Waals surface area contributed by atoms with Gasteiger partial charge in [0.25, 0.3) is 5.91 Å². The van der Waals surface area contributed by atoms with Gasteiger partial charge in [0.2, 0.25) is 0 Å². The van der Waals surface area contributed by atoms with Crippen LogP contribution in [0.2, 0.25) is 0 Å². The molecule has 1 aliphatic heterocycles. The number of anilines is 1. The first-order valence-electron chi connectivity index (χ1n) is 7.91. The first kappa shape index (κ1) is 15.0. The molecule has 0 bridgehead atoms. The minimum Gasteiger partial charge on any atom is -0.352 e. The highest BCUT2D eigenvalue weighted by molar-refractivity contribution is 7.20. The highest BCUT2D eigenvalue weighted by Crippen LogP contribution is 2.23. The normalized spacial score (nSPS) is 15.0. The Morgan fingerprint density at radius 3 is 2.54 bits per heavy atom. The van der Waals surface area contributed by atoms with E-state index in [1.807, 2.05) is 48.2 Å². The lowest BCUT2D eigenvalue weighted by Gasteiger charge is -2.34. The zero-order chi connectivity index (χ0) is 16.5. The molecule has 0 spiro atoms. The van der Waals surface area contributed by atoms with Crippen LogP contribution < -0.4 is 4.90 Å². The molecule has 122 valence electrons. The average molecular weight is 339 g/mol. The number of piperazine rings is 1. The highest BCUT2D eigenvalue weighted by atomic mass is 32.1. The molecule has 0 N–H and O–H groups in total. The Bertz CT molecular complexity index is 835. The van der Waals surface area contributed by atoms with Crippen LogP contribution in [-0.4, -0.2) is 52.2 Å². The van der Waals surface area contributed by atoms with E-state index in [0.717, 1.165) is 34.8 Å². The van der Waals surface area contributed by atoms with Gasteiger partial charge in [-0.3, -0.25) is 4.79 Å². The van der Waals surface area contributed by atoms with E-state index in [0.29, 0.717) is 18.1 Å². The summed E-state index contributed by atoms with van der Waals surface area (Å²) in [6.07, 6.45) is 0. The van der Waals surface area contributed by atoms with Crippen LogP contribution in [0.1, 0.15) is 15.5 Å². The van der Waals surface area contributed by atoms with Crippen LogP contribution in [0.3, 0.4) is 0 Å². The maximum absolute atomic E-state index is 12.7. The number of para-hydroxylation sites is 1. The Morgan fingerprint density at radius 2 is 1.83 bits per heavy atom. The molecule has 0 atom stereocenters. The minimum atomic E-state index is 0.0193. The number of hydrogen-bond donors (Lipinski definition) is 0. The molecule has 6 nitrogen and oxygen atoms in total. The van der Waals surface area contributed by atoms with E-state index in [4.69, 9.17) is 0 Å². The predicted octanol–water partition coefficient (Wildman–Crippen LogP) is 2.36. The number of nitrogens with zero attached hydrogens (tertiary/aromatic N) is 5. The number of rotatable bonds is 2. The van der Waals surface area contributed by atoms with Crippen molar-refractivity contribution in [2.45, 2.75) is 6.92 Å². The second-order valence-electron chi connectivity index (χ2n) is 5.80. The van der Waals surface area contributed by atoms with Gasteiger partial charge in [0.05, 0.1) is 15.9 Å². The van der Waals surface area contributed by atoms with Gasteiger partial charge in [0.1, 0.15) is 0 Å². The van der Waals surface area contributed by atoms with Crippen LogP contribution in [0.15, 0.2) is 36.4 Å². The van der Waals surface area contributed by atoms with E-state index in [9.17, 15) is 4.79 Å². The van der Waals surface area contributed by atoms with Crippen molar-refractivity contribution in [3.05, 3.63) is 47.1 Å². The Hall–Kier alpha value is -2.54. The molecule has 0 unspecified atom stereocenters. The average Bonchev–Trinajstić information content (AvgIpc) is 3.06. The minimum absolute atomic E-state index is 0.0193. The van der Waals surface area contributed by atoms with Crippen LogP contribution in [0, 0.1) is 6.92 Å². The van der Waals surface area contributed by atoms with Crippen LogP contribution in [-0.2, 0) is 0 Å². The number of thiazole rings is 1. The molecule has 4 rings (SSSR count). The summed E-state index contributed by atoms with van der Waals surface area (Å²) in [6, 6.07) is 11.8. The van der Waals surface area contributed by atoms with Gasteiger partial charge in [0, 0.05) is 26.2 Å². The Kier molecular flexibility index (Phi) is 3.86. The first-order chi connectivity index (χ1) is 11.7. The zero-order valence-electron chi connectivity index (χ0n) is 13.3. The number of hydrogen-bond acceptors (Lipinski definition) is 6. The quantitative estimate of drug-likeness (QED) is 0.717. The van der Waals surface area contributed by atoms with Crippen LogP contribution in [0.4, 0.5) is 5.82 Å². The monoisotopic (exact) mass is 339 g/mol. The summed E-state index contributed by atoms with van der Waals surface area (Å²) in [5, 5.41) is 8.89. The van der Waals surface area contributed by atoms with Gasteiger partial charge >= 0.3 is 0 Å². The van der Waals surface area contributed by atoms with Crippen molar-refractivity contribution < 1.29 is 4.79 Å². The van der Waals surface area contributed by atoms with Crippen molar-refractivity contribution in [3.63, 3.8) is 0 Å². The Labute approximate surface area is 143 Å². The molecule has 0 saturated carbocycles. The summed E-state index contributed by atoms with van der Waals surface area (Å²) >= 11 is 1.46. The van der Waals surface area contributed by atoms with E-state index in [1.165, 1.54) is 11.3 Å². The SMILES string of the molecule is Cc1ccc(N2CCN(C(=O)c3nc4ccccc4s3)CC2)nn1. The molecule has 0 aliphatic carbocycles. The topological polar surface area (TPSA) is 62.2 Å². The van der Waals surface area contributed by atoms with Crippen molar-refractivity contribution in [3.8, 4) is 0 Å². The fourth-order valence-corrected chi connectivity index (χ4v) is 3.73. The Morgan fingerprint density at radius 1 is 1.04 bits per heavy atom. The van der Waals surface area contributed by atoms with E-state index in [2.05, 4.69) is 20.1 Å². The molecule has 2 aromatic heterocycles. The summed E-state index contributed by atoms with van der Waals surface area (Å²) in [5.74, 6) is 0.888. The maximum Gasteiger partial charge on any atom is 0.282 e. The molecule has 24 heavy (non-hydrogen) atoms. The lowest BCUT2D eigenvalue weighted by molar-refractivity contribution is 0.0746. The first-order valence-corrected chi connectivity index (χ1v) is 8.72. The molecule has 1 aliphatic rings. The van der Waals surface area contributed by atoms with Gasteiger partial charge in [-0.25, -0.2) is 4.98 Å². The fourth-order valence-electron chi connectivity index (χ4n) is 2.80. The second kappa shape index (κ2) is 6.16. The van der Waals surface area contributed by atoms with Gasteiger partial charge in [-0.2, -0.15) is 5.10 Å². The number of aryl methyl sites for hydroxylation is 1. The van der Waals surface area contributed by atoms with Crippen molar-refractivity contribution in [2.24, 2.45) is 0 Å². The molecule has 3 heterocycles. The third kappa shape index (κ3) is 2.82. The molecule has 1 aromatic carbocycles. The fraction of sp³-hybridized carbons (Fsp3) is 0.294. The zero-order valence-corrected chi connectivity index (χ0v) is 14.2. The smallest absolute Gasteiger partial charge is 0.282 e. The summed E-state index contributed by atoms with van der Waals surface area (Å²) in [4.78, 5) is 21.2. The maximum atomic E-state index is 12.7. The van der Waals surface area contributed by atoms with Crippen molar-refractivity contribution in [1.29, 1.82) is 0 Å². The Balaban J connectivity index is 1.45. The molecule has 3 aromatic rings. The lowest BCUT2D eigenvalue weighted by atomic mass is 10.3. The number of amides is 1. The highest BCUT2D eigenvalue weighted by Gasteiger charge is 2.25. The van der Waals surface area contributed by atoms with Gasteiger partial charge in [0.15, 0.2) is 10.8 Å². The van der Waals surface area contributed by atoms with E-state index >= 15 is 0 Å². The predicted molar refractivity (Wildman–Crippen MR) is 94.5 cm³/mol. The second-order valence-corrected chi connectivity index (χ2v) is 6.83. The summed E-state index contributed by atoms with van der Waals surface area (Å²) in [7, 11) is 0. The van der Waals surface area contributed by atoms with Crippen molar-refractivity contribution in [1.82, 2.24) is 20.1 Å². The van der Waals surface area contributed by atoms with Gasteiger partial charge in [-0.1, -0.05) is 12.1 Å². The van der Waals surface area contributed by atoms with Crippen molar-refractivity contribution >= 4 is 33.3 Å². The summed E-state index contributed by atoms with van der Waals surface area (Å²) in [6.45, 7) is 4.78. The number of carbonyl (C=O) groups excluding carboxylic acids is 1. The number of fused-ring (bicyclic) bond motifs is 1. The van der Waals surface area contributed by atoms with Crippen LogP contribution in [0.25, 0.3) is 10.2 Å². The van der Waals surface area contributed by atoms with E-state index < -0.39 is 0 Å². The number of carbonyl (C=O) groups is 1. The number of benzene rings is 1. The molecular formula is C17H17N5OS. The van der Waals surface area contributed by atoms with E-state index in [1.54, 1.807) is 0 Å². The summed E-state index contributed by atoms with van der Waals surface area (Å²) in [5.41, 5.74) is 1.79. The third-order valence-corrected chi connectivity index (χ3v) is 5.18.